The monoisotopic (exact) mass is 320 g/mol. The van der Waals surface area contributed by atoms with E-state index >= 15 is 0 Å². The Kier molecular flexibility index (Phi) is 3.97. The van der Waals surface area contributed by atoms with Crippen molar-refractivity contribution < 1.29 is 9.47 Å². The third-order valence-corrected chi connectivity index (χ3v) is 4.34. The number of ether oxygens (including phenoxy) is 2. The molecule has 0 saturated carbocycles. The minimum Gasteiger partial charge on any atom is -0.495 e. The molecule has 122 valence electrons. The number of nitrogens with zero attached hydrogens (tertiary/aromatic N) is 2. The third kappa shape index (κ3) is 2.65. The summed E-state index contributed by atoms with van der Waals surface area (Å²) in [6.45, 7) is 1.63. The molecule has 1 atom stereocenters. The molecule has 0 unspecified atom stereocenters. The molecule has 24 heavy (non-hydrogen) atoms. The van der Waals surface area contributed by atoms with E-state index in [-0.39, 0.29) is 6.23 Å². The molecule has 0 spiro atoms. The van der Waals surface area contributed by atoms with Gasteiger partial charge in [0.25, 0.3) is 0 Å². The topological polar surface area (TPSA) is 26.6 Å². The van der Waals surface area contributed by atoms with Crippen molar-refractivity contribution >= 4 is 5.69 Å². The van der Waals surface area contributed by atoms with Crippen LogP contribution in [0.5, 0.6) is 5.75 Å². The van der Waals surface area contributed by atoms with Crippen LogP contribution in [0.1, 0.15) is 11.8 Å². The molecule has 0 radical (unpaired) electrons. The van der Waals surface area contributed by atoms with Gasteiger partial charge in [0, 0.05) is 30.2 Å². The van der Waals surface area contributed by atoms with Gasteiger partial charge in [-0.2, -0.15) is 0 Å². The van der Waals surface area contributed by atoms with E-state index < -0.39 is 0 Å². The van der Waals surface area contributed by atoms with Crippen molar-refractivity contribution in [3.63, 3.8) is 0 Å². The van der Waals surface area contributed by atoms with Gasteiger partial charge in [-0.15, -0.1) is 0 Å². The SMILES string of the molecule is COc1ccccc1-n1ccc([C@@H]2OCCN2c2ccccc2)c1. The number of benzene rings is 2. The summed E-state index contributed by atoms with van der Waals surface area (Å²) in [4.78, 5) is 2.29. The van der Waals surface area contributed by atoms with E-state index in [9.17, 15) is 0 Å². The summed E-state index contributed by atoms with van der Waals surface area (Å²) in [5, 5.41) is 0. The molecular formula is C20H20N2O2. The van der Waals surface area contributed by atoms with Crippen LogP contribution in [0, 0.1) is 0 Å². The Morgan fingerprint density at radius 2 is 1.79 bits per heavy atom. The van der Waals surface area contributed by atoms with Crippen LogP contribution in [0.2, 0.25) is 0 Å². The van der Waals surface area contributed by atoms with E-state index in [1.54, 1.807) is 7.11 Å². The lowest BCUT2D eigenvalue weighted by atomic mass is 10.2. The zero-order valence-corrected chi connectivity index (χ0v) is 13.6. The minimum atomic E-state index is -0.0524. The molecule has 1 saturated heterocycles. The van der Waals surface area contributed by atoms with Crippen LogP contribution < -0.4 is 9.64 Å². The number of hydrogen-bond donors (Lipinski definition) is 0. The summed E-state index contributed by atoms with van der Waals surface area (Å²) < 4.78 is 13.5. The summed E-state index contributed by atoms with van der Waals surface area (Å²) >= 11 is 0. The molecule has 1 fully saturated rings. The molecule has 1 aliphatic rings. The molecule has 2 aromatic carbocycles. The highest BCUT2D eigenvalue weighted by molar-refractivity contribution is 5.50. The van der Waals surface area contributed by atoms with Crippen molar-refractivity contribution in [1.29, 1.82) is 0 Å². The Hall–Kier alpha value is -2.72. The van der Waals surface area contributed by atoms with Crippen LogP contribution in [0.3, 0.4) is 0 Å². The van der Waals surface area contributed by atoms with Gasteiger partial charge >= 0.3 is 0 Å². The van der Waals surface area contributed by atoms with Crippen molar-refractivity contribution in [1.82, 2.24) is 4.57 Å². The van der Waals surface area contributed by atoms with Gasteiger partial charge in [0.05, 0.1) is 19.4 Å². The second-order valence-electron chi connectivity index (χ2n) is 5.78. The van der Waals surface area contributed by atoms with Crippen LogP contribution in [-0.2, 0) is 4.74 Å². The summed E-state index contributed by atoms with van der Waals surface area (Å²) in [6.07, 6.45) is 4.12. The predicted molar refractivity (Wildman–Crippen MR) is 94.8 cm³/mol. The maximum Gasteiger partial charge on any atom is 0.158 e. The highest BCUT2D eigenvalue weighted by atomic mass is 16.5. The number of hydrogen-bond acceptors (Lipinski definition) is 3. The Balaban J connectivity index is 1.65. The molecule has 1 aromatic heterocycles. The number of para-hydroxylation sites is 3. The standard InChI is InChI=1S/C20H20N2O2/c1-23-19-10-6-5-9-18(19)21-12-11-16(15-21)20-22(13-14-24-20)17-7-3-2-4-8-17/h2-12,15,20H,13-14H2,1H3/t20-/m0/s1. The number of anilines is 1. The number of methoxy groups -OCH3 is 1. The molecule has 1 aliphatic heterocycles. The van der Waals surface area contributed by atoms with E-state index in [1.807, 2.05) is 30.3 Å². The fourth-order valence-electron chi connectivity index (χ4n) is 3.18. The first kappa shape index (κ1) is 14.8. The summed E-state index contributed by atoms with van der Waals surface area (Å²) in [6, 6.07) is 20.5. The van der Waals surface area contributed by atoms with Crippen LogP contribution >= 0.6 is 0 Å². The lowest BCUT2D eigenvalue weighted by Gasteiger charge is -2.24. The quantitative estimate of drug-likeness (QED) is 0.726. The largest absolute Gasteiger partial charge is 0.495 e. The van der Waals surface area contributed by atoms with Gasteiger partial charge in [-0.1, -0.05) is 30.3 Å². The van der Waals surface area contributed by atoms with E-state index in [2.05, 4.69) is 52.2 Å². The Morgan fingerprint density at radius 1 is 1.00 bits per heavy atom. The van der Waals surface area contributed by atoms with Crippen LogP contribution in [0.15, 0.2) is 73.1 Å². The van der Waals surface area contributed by atoms with Crippen molar-refractivity contribution in [3.8, 4) is 11.4 Å². The third-order valence-electron chi connectivity index (χ3n) is 4.34. The average Bonchev–Trinajstić information content (AvgIpc) is 3.31. The Bertz CT molecular complexity index is 813. The van der Waals surface area contributed by atoms with Crippen molar-refractivity contribution in [2.45, 2.75) is 6.23 Å². The van der Waals surface area contributed by atoms with Gasteiger partial charge in [-0.05, 0) is 30.3 Å². The lowest BCUT2D eigenvalue weighted by Crippen LogP contribution is -2.22. The van der Waals surface area contributed by atoms with Crippen molar-refractivity contribution in [3.05, 3.63) is 78.6 Å². The van der Waals surface area contributed by atoms with Gasteiger partial charge in [0.1, 0.15) is 5.75 Å². The molecule has 0 N–H and O–H groups in total. The van der Waals surface area contributed by atoms with Crippen LogP contribution in [0.25, 0.3) is 5.69 Å². The van der Waals surface area contributed by atoms with E-state index in [4.69, 9.17) is 9.47 Å². The highest BCUT2D eigenvalue weighted by Gasteiger charge is 2.27. The Morgan fingerprint density at radius 3 is 2.62 bits per heavy atom. The zero-order chi connectivity index (χ0) is 16.4. The van der Waals surface area contributed by atoms with Gasteiger partial charge < -0.3 is 18.9 Å². The van der Waals surface area contributed by atoms with E-state index in [0.29, 0.717) is 0 Å². The molecule has 4 heteroatoms. The zero-order valence-electron chi connectivity index (χ0n) is 13.6. The average molecular weight is 320 g/mol. The van der Waals surface area contributed by atoms with Gasteiger partial charge in [0.2, 0.25) is 0 Å². The van der Waals surface area contributed by atoms with Crippen molar-refractivity contribution in [2.24, 2.45) is 0 Å². The van der Waals surface area contributed by atoms with Crippen LogP contribution in [-0.4, -0.2) is 24.8 Å². The first-order valence-electron chi connectivity index (χ1n) is 8.11. The fourth-order valence-corrected chi connectivity index (χ4v) is 3.18. The van der Waals surface area contributed by atoms with Crippen LogP contribution in [0.4, 0.5) is 5.69 Å². The molecule has 0 amide bonds. The maximum absolute atomic E-state index is 5.99. The first-order chi connectivity index (χ1) is 11.9. The molecule has 4 rings (SSSR count). The van der Waals surface area contributed by atoms with Crippen molar-refractivity contribution in [2.75, 3.05) is 25.2 Å². The molecule has 3 aromatic rings. The molecule has 0 bridgehead atoms. The Labute approximate surface area is 141 Å². The second-order valence-corrected chi connectivity index (χ2v) is 5.78. The summed E-state index contributed by atoms with van der Waals surface area (Å²) in [7, 11) is 1.69. The second kappa shape index (κ2) is 6.42. The summed E-state index contributed by atoms with van der Waals surface area (Å²) in [5.41, 5.74) is 3.35. The molecule has 2 heterocycles. The van der Waals surface area contributed by atoms with E-state index in [0.717, 1.165) is 30.2 Å². The smallest absolute Gasteiger partial charge is 0.158 e. The molecular weight excluding hydrogens is 300 g/mol. The highest BCUT2D eigenvalue weighted by Crippen LogP contribution is 2.33. The van der Waals surface area contributed by atoms with E-state index in [1.165, 1.54) is 5.69 Å². The first-order valence-corrected chi connectivity index (χ1v) is 8.11. The fraction of sp³-hybridized carbons (Fsp3) is 0.200. The molecule has 4 nitrogen and oxygen atoms in total. The maximum atomic E-state index is 5.99. The normalized spacial score (nSPS) is 17.2. The minimum absolute atomic E-state index is 0.0524. The lowest BCUT2D eigenvalue weighted by molar-refractivity contribution is 0.114. The number of rotatable bonds is 4. The predicted octanol–water partition coefficient (Wildman–Crippen LogP) is 4.02. The number of aromatic nitrogens is 1. The van der Waals surface area contributed by atoms with Gasteiger partial charge in [-0.25, -0.2) is 0 Å². The molecule has 0 aliphatic carbocycles. The van der Waals surface area contributed by atoms with Gasteiger partial charge in [0.15, 0.2) is 6.23 Å². The summed E-state index contributed by atoms with van der Waals surface area (Å²) in [5.74, 6) is 0.854. The van der Waals surface area contributed by atoms with Gasteiger partial charge in [-0.3, -0.25) is 0 Å².